The Labute approximate surface area is 86.2 Å². The number of aryl methyl sites for hydroxylation is 2. The molecule has 2 heterocycles. The number of furan rings is 1. The van der Waals surface area contributed by atoms with Crippen LogP contribution in [-0.4, -0.2) is 9.48 Å². The minimum atomic E-state index is -0.611. The zero-order valence-corrected chi connectivity index (χ0v) is 8.84. The summed E-state index contributed by atoms with van der Waals surface area (Å²) < 4.78 is 9.27. The molecule has 74 valence electrons. The van der Waals surface area contributed by atoms with E-state index < -0.39 is 6.10 Å². The molecule has 14 heavy (non-hydrogen) atoms. The van der Waals surface area contributed by atoms with Crippen LogP contribution in [0.3, 0.4) is 0 Å². The molecule has 4 heteroatoms. The van der Waals surface area contributed by atoms with Gasteiger partial charge in [-0.1, -0.05) is 0 Å². The van der Waals surface area contributed by atoms with Crippen molar-refractivity contribution in [1.29, 1.82) is 0 Å². The summed E-state index contributed by atoms with van der Waals surface area (Å²) in [6.45, 7) is 3.75. The van der Waals surface area contributed by atoms with Gasteiger partial charge in [0.2, 0.25) is 0 Å². The summed E-state index contributed by atoms with van der Waals surface area (Å²) in [7, 11) is 0. The highest BCUT2D eigenvalue weighted by molar-refractivity contribution is 7.05. The SMILES string of the molecule is Cc1cc(C(O)c2ccoc2C)sn1. The summed E-state index contributed by atoms with van der Waals surface area (Å²) in [5, 5.41) is 9.99. The molecule has 0 fully saturated rings. The summed E-state index contributed by atoms with van der Waals surface area (Å²) in [5.74, 6) is 0.753. The van der Waals surface area contributed by atoms with E-state index in [9.17, 15) is 5.11 Å². The van der Waals surface area contributed by atoms with E-state index in [0.717, 1.165) is 21.9 Å². The molecule has 1 unspecified atom stereocenters. The first-order chi connectivity index (χ1) is 6.68. The molecule has 0 aliphatic carbocycles. The molecule has 0 aliphatic heterocycles. The zero-order chi connectivity index (χ0) is 10.1. The maximum absolute atomic E-state index is 9.99. The zero-order valence-electron chi connectivity index (χ0n) is 8.02. The van der Waals surface area contributed by atoms with Gasteiger partial charge >= 0.3 is 0 Å². The monoisotopic (exact) mass is 209 g/mol. The van der Waals surface area contributed by atoms with Crippen molar-refractivity contribution in [3.05, 3.63) is 40.3 Å². The largest absolute Gasteiger partial charge is 0.469 e. The second-order valence-corrected chi connectivity index (χ2v) is 4.04. The van der Waals surface area contributed by atoms with Gasteiger partial charge in [-0.25, -0.2) is 0 Å². The van der Waals surface area contributed by atoms with E-state index in [-0.39, 0.29) is 0 Å². The van der Waals surface area contributed by atoms with Crippen LogP contribution in [0.4, 0.5) is 0 Å². The summed E-state index contributed by atoms with van der Waals surface area (Å²) in [5.41, 5.74) is 1.75. The number of hydrogen-bond acceptors (Lipinski definition) is 4. The number of aromatic nitrogens is 1. The first-order valence-corrected chi connectivity index (χ1v) is 5.11. The summed E-state index contributed by atoms with van der Waals surface area (Å²) in [4.78, 5) is 0.854. The molecule has 0 amide bonds. The molecule has 2 aromatic heterocycles. The van der Waals surface area contributed by atoms with Gasteiger partial charge in [-0.15, -0.1) is 0 Å². The van der Waals surface area contributed by atoms with Gasteiger partial charge in [0, 0.05) is 5.56 Å². The van der Waals surface area contributed by atoms with Crippen molar-refractivity contribution in [3.8, 4) is 0 Å². The van der Waals surface area contributed by atoms with E-state index >= 15 is 0 Å². The predicted molar refractivity (Wildman–Crippen MR) is 54.4 cm³/mol. The molecular formula is C10H11NO2S. The van der Waals surface area contributed by atoms with E-state index in [1.54, 1.807) is 12.3 Å². The van der Waals surface area contributed by atoms with Crippen molar-refractivity contribution in [2.45, 2.75) is 20.0 Å². The number of aliphatic hydroxyl groups excluding tert-OH is 1. The normalized spacial score (nSPS) is 13.1. The van der Waals surface area contributed by atoms with Crippen molar-refractivity contribution in [3.63, 3.8) is 0 Å². The maximum atomic E-state index is 9.99. The lowest BCUT2D eigenvalue weighted by molar-refractivity contribution is 0.221. The number of hydrogen-bond donors (Lipinski definition) is 1. The Balaban J connectivity index is 2.33. The highest BCUT2D eigenvalue weighted by Gasteiger charge is 2.16. The third-order valence-electron chi connectivity index (χ3n) is 2.11. The van der Waals surface area contributed by atoms with Gasteiger partial charge in [0.15, 0.2) is 0 Å². The van der Waals surface area contributed by atoms with Crippen LogP contribution in [0, 0.1) is 13.8 Å². The van der Waals surface area contributed by atoms with Gasteiger partial charge in [-0.2, -0.15) is 4.37 Å². The average molecular weight is 209 g/mol. The summed E-state index contributed by atoms with van der Waals surface area (Å²) >= 11 is 1.32. The Bertz CT molecular complexity index is 433. The standard InChI is InChI=1S/C10H11NO2S/c1-6-5-9(14-11-6)10(12)8-3-4-13-7(8)2/h3-5,10,12H,1-2H3. The molecule has 0 aliphatic rings. The molecule has 2 aromatic rings. The predicted octanol–water partition coefficient (Wildman–Crippen LogP) is 2.43. The third-order valence-corrected chi connectivity index (χ3v) is 3.04. The second kappa shape index (κ2) is 3.55. The number of aliphatic hydroxyl groups is 1. The molecule has 0 radical (unpaired) electrons. The van der Waals surface area contributed by atoms with E-state index in [1.165, 1.54) is 11.5 Å². The lowest BCUT2D eigenvalue weighted by Gasteiger charge is -2.05. The molecule has 2 rings (SSSR count). The van der Waals surface area contributed by atoms with Crippen molar-refractivity contribution >= 4 is 11.5 Å². The van der Waals surface area contributed by atoms with Crippen LogP contribution in [0.25, 0.3) is 0 Å². The minimum Gasteiger partial charge on any atom is -0.469 e. The third kappa shape index (κ3) is 1.58. The molecule has 0 aromatic carbocycles. The van der Waals surface area contributed by atoms with Crippen LogP contribution < -0.4 is 0 Å². The lowest BCUT2D eigenvalue weighted by Crippen LogP contribution is -1.96. The lowest BCUT2D eigenvalue weighted by atomic mass is 10.1. The van der Waals surface area contributed by atoms with Gasteiger partial charge in [-0.05, 0) is 37.5 Å². The minimum absolute atomic E-state index is 0.611. The summed E-state index contributed by atoms with van der Waals surface area (Å²) in [6.07, 6.45) is 0.974. The average Bonchev–Trinajstić information content (AvgIpc) is 2.73. The second-order valence-electron chi connectivity index (χ2n) is 3.21. The Morgan fingerprint density at radius 3 is 2.79 bits per heavy atom. The molecule has 0 saturated carbocycles. The molecule has 1 N–H and O–H groups in total. The fourth-order valence-electron chi connectivity index (χ4n) is 1.34. The molecule has 0 spiro atoms. The highest BCUT2D eigenvalue weighted by atomic mass is 32.1. The van der Waals surface area contributed by atoms with Crippen molar-refractivity contribution in [2.75, 3.05) is 0 Å². The Hall–Kier alpha value is -1.13. The van der Waals surface area contributed by atoms with Gasteiger partial charge in [-0.3, -0.25) is 0 Å². The Morgan fingerprint density at radius 2 is 2.29 bits per heavy atom. The fraction of sp³-hybridized carbons (Fsp3) is 0.300. The highest BCUT2D eigenvalue weighted by Crippen LogP contribution is 2.28. The molecule has 0 saturated heterocycles. The van der Waals surface area contributed by atoms with Gasteiger partial charge in [0.05, 0.1) is 16.8 Å². The molecule has 0 bridgehead atoms. The van der Waals surface area contributed by atoms with E-state index in [0.29, 0.717) is 0 Å². The Morgan fingerprint density at radius 1 is 1.50 bits per heavy atom. The number of nitrogens with zero attached hydrogens (tertiary/aromatic N) is 1. The topological polar surface area (TPSA) is 46.3 Å². The molecule has 1 atom stereocenters. The first kappa shape index (κ1) is 9.43. The van der Waals surface area contributed by atoms with Gasteiger partial charge in [0.1, 0.15) is 11.9 Å². The van der Waals surface area contributed by atoms with Crippen LogP contribution in [0.2, 0.25) is 0 Å². The van der Waals surface area contributed by atoms with Gasteiger partial charge in [0.25, 0.3) is 0 Å². The van der Waals surface area contributed by atoms with Crippen LogP contribution in [-0.2, 0) is 0 Å². The van der Waals surface area contributed by atoms with Crippen LogP contribution >= 0.6 is 11.5 Å². The summed E-state index contributed by atoms with van der Waals surface area (Å²) in [6, 6.07) is 3.68. The molecule has 3 nitrogen and oxygen atoms in total. The first-order valence-electron chi connectivity index (χ1n) is 4.34. The Kier molecular flexibility index (Phi) is 2.39. The van der Waals surface area contributed by atoms with Crippen LogP contribution in [0.1, 0.15) is 28.0 Å². The molecular weight excluding hydrogens is 198 g/mol. The van der Waals surface area contributed by atoms with E-state index in [2.05, 4.69) is 4.37 Å². The smallest absolute Gasteiger partial charge is 0.118 e. The number of rotatable bonds is 2. The van der Waals surface area contributed by atoms with Crippen LogP contribution in [0.15, 0.2) is 22.8 Å². The quantitative estimate of drug-likeness (QED) is 0.826. The van der Waals surface area contributed by atoms with Gasteiger partial charge < -0.3 is 9.52 Å². The van der Waals surface area contributed by atoms with E-state index in [4.69, 9.17) is 4.42 Å². The maximum Gasteiger partial charge on any atom is 0.118 e. The fourth-order valence-corrected chi connectivity index (χ4v) is 2.10. The van der Waals surface area contributed by atoms with Crippen molar-refractivity contribution < 1.29 is 9.52 Å². The van der Waals surface area contributed by atoms with E-state index in [1.807, 2.05) is 19.9 Å². The van der Waals surface area contributed by atoms with Crippen molar-refractivity contribution in [1.82, 2.24) is 4.37 Å². The van der Waals surface area contributed by atoms with Crippen molar-refractivity contribution in [2.24, 2.45) is 0 Å². The van der Waals surface area contributed by atoms with Crippen LogP contribution in [0.5, 0.6) is 0 Å².